The maximum atomic E-state index is 11.7. The zero-order valence-corrected chi connectivity index (χ0v) is 11.9. The highest BCUT2D eigenvalue weighted by atomic mass is 16.6. The predicted molar refractivity (Wildman–Crippen MR) is 74.0 cm³/mol. The van der Waals surface area contributed by atoms with Crippen LogP contribution >= 0.6 is 0 Å². The number of unbranched alkanes of at least 4 members (excludes halogenated alkanes) is 1. The minimum Gasteiger partial charge on any atom is -0.379 e. The summed E-state index contributed by atoms with van der Waals surface area (Å²) in [5, 5.41) is 3.02. The molecule has 1 amide bonds. The fourth-order valence-electron chi connectivity index (χ4n) is 2.66. The van der Waals surface area contributed by atoms with E-state index in [0.717, 1.165) is 45.6 Å². The number of amides is 1. The SMILES string of the molecule is O=C(CC1CCCCC1)NCCCCOCC1CO1. The third-order valence-corrected chi connectivity index (χ3v) is 3.94. The minimum atomic E-state index is 0.235. The molecule has 1 unspecified atom stereocenters. The van der Waals surface area contributed by atoms with E-state index in [-0.39, 0.29) is 5.91 Å². The first-order chi connectivity index (χ1) is 9.34. The molecule has 1 N–H and O–H groups in total. The van der Waals surface area contributed by atoms with Crippen LogP contribution in [0.5, 0.6) is 0 Å². The summed E-state index contributed by atoms with van der Waals surface area (Å²) in [7, 11) is 0. The van der Waals surface area contributed by atoms with Crippen molar-refractivity contribution in [1.82, 2.24) is 5.32 Å². The molecule has 1 saturated carbocycles. The third-order valence-electron chi connectivity index (χ3n) is 3.94. The second kappa shape index (κ2) is 8.54. The molecule has 110 valence electrons. The summed E-state index contributed by atoms with van der Waals surface area (Å²) in [6.45, 7) is 3.15. The summed E-state index contributed by atoms with van der Waals surface area (Å²) >= 11 is 0. The monoisotopic (exact) mass is 269 g/mol. The van der Waals surface area contributed by atoms with Crippen LogP contribution in [0, 0.1) is 5.92 Å². The van der Waals surface area contributed by atoms with Gasteiger partial charge in [0.1, 0.15) is 6.10 Å². The van der Waals surface area contributed by atoms with Crippen molar-refractivity contribution >= 4 is 5.91 Å². The Morgan fingerprint density at radius 2 is 2.00 bits per heavy atom. The molecule has 19 heavy (non-hydrogen) atoms. The molecule has 1 aliphatic heterocycles. The van der Waals surface area contributed by atoms with E-state index in [4.69, 9.17) is 9.47 Å². The van der Waals surface area contributed by atoms with E-state index < -0.39 is 0 Å². The summed E-state index contributed by atoms with van der Waals surface area (Å²) < 4.78 is 10.5. The second-order valence-corrected chi connectivity index (χ2v) is 5.80. The lowest BCUT2D eigenvalue weighted by Gasteiger charge is -2.20. The van der Waals surface area contributed by atoms with Crippen molar-refractivity contribution in [2.24, 2.45) is 5.92 Å². The lowest BCUT2D eigenvalue weighted by molar-refractivity contribution is -0.122. The van der Waals surface area contributed by atoms with Gasteiger partial charge in [-0.1, -0.05) is 19.3 Å². The van der Waals surface area contributed by atoms with Gasteiger partial charge in [0.2, 0.25) is 5.91 Å². The Bertz CT molecular complexity index is 260. The van der Waals surface area contributed by atoms with E-state index in [0.29, 0.717) is 12.0 Å². The first kappa shape index (κ1) is 14.8. The molecule has 1 aliphatic carbocycles. The average molecular weight is 269 g/mol. The minimum absolute atomic E-state index is 0.235. The molecule has 0 spiro atoms. The van der Waals surface area contributed by atoms with Gasteiger partial charge in [-0.3, -0.25) is 4.79 Å². The number of hydrogen-bond donors (Lipinski definition) is 1. The van der Waals surface area contributed by atoms with Gasteiger partial charge in [0.15, 0.2) is 0 Å². The summed E-state index contributed by atoms with van der Waals surface area (Å²) in [5.41, 5.74) is 0. The van der Waals surface area contributed by atoms with E-state index in [9.17, 15) is 4.79 Å². The van der Waals surface area contributed by atoms with Crippen molar-refractivity contribution in [1.29, 1.82) is 0 Å². The topological polar surface area (TPSA) is 50.9 Å². The van der Waals surface area contributed by atoms with Gasteiger partial charge in [-0.05, 0) is 31.6 Å². The number of epoxide rings is 1. The summed E-state index contributed by atoms with van der Waals surface area (Å²) in [6, 6.07) is 0. The fourth-order valence-corrected chi connectivity index (χ4v) is 2.66. The van der Waals surface area contributed by atoms with Crippen molar-refractivity contribution in [2.45, 2.75) is 57.5 Å². The maximum absolute atomic E-state index is 11.7. The van der Waals surface area contributed by atoms with Crippen molar-refractivity contribution in [3.8, 4) is 0 Å². The summed E-state index contributed by atoms with van der Waals surface area (Å²) in [4.78, 5) is 11.7. The van der Waals surface area contributed by atoms with Crippen LogP contribution in [-0.2, 0) is 14.3 Å². The number of ether oxygens (including phenoxy) is 2. The molecule has 2 fully saturated rings. The number of carbonyl (C=O) groups excluding carboxylic acids is 1. The molecular weight excluding hydrogens is 242 g/mol. The van der Waals surface area contributed by atoms with E-state index in [1.54, 1.807) is 0 Å². The molecule has 2 rings (SSSR count). The predicted octanol–water partition coefficient (Wildman–Crippen LogP) is 2.27. The smallest absolute Gasteiger partial charge is 0.220 e. The molecule has 0 aromatic heterocycles. The zero-order valence-electron chi connectivity index (χ0n) is 11.9. The van der Waals surface area contributed by atoms with E-state index in [1.807, 2.05) is 0 Å². The Hall–Kier alpha value is -0.610. The van der Waals surface area contributed by atoms with Gasteiger partial charge in [-0.2, -0.15) is 0 Å². The molecule has 4 nitrogen and oxygen atoms in total. The number of nitrogens with one attached hydrogen (secondary N) is 1. The Morgan fingerprint density at radius 1 is 1.21 bits per heavy atom. The Labute approximate surface area is 116 Å². The maximum Gasteiger partial charge on any atom is 0.220 e. The zero-order chi connectivity index (χ0) is 13.3. The molecule has 2 aliphatic rings. The van der Waals surface area contributed by atoms with Gasteiger partial charge >= 0.3 is 0 Å². The number of carbonyl (C=O) groups is 1. The van der Waals surface area contributed by atoms with Crippen LogP contribution < -0.4 is 5.32 Å². The van der Waals surface area contributed by atoms with E-state index in [1.165, 1.54) is 32.1 Å². The molecule has 0 bridgehead atoms. The van der Waals surface area contributed by atoms with Crippen LogP contribution in [0.2, 0.25) is 0 Å². The van der Waals surface area contributed by atoms with Gasteiger partial charge in [-0.15, -0.1) is 0 Å². The molecular formula is C15H27NO3. The number of hydrogen-bond acceptors (Lipinski definition) is 3. The molecule has 0 aromatic carbocycles. The highest BCUT2D eigenvalue weighted by molar-refractivity contribution is 5.76. The first-order valence-corrected chi connectivity index (χ1v) is 7.80. The number of rotatable bonds is 9. The Morgan fingerprint density at radius 3 is 2.74 bits per heavy atom. The van der Waals surface area contributed by atoms with E-state index in [2.05, 4.69) is 5.32 Å². The molecule has 0 radical (unpaired) electrons. The lowest BCUT2D eigenvalue weighted by atomic mass is 9.87. The summed E-state index contributed by atoms with van der Waals surface area (Å²) in [6.07, 6.45) is 9.54. The Balaban J connectivity index is 1.38. The van der Waals surface area contributed by atoms with Gasteiger partial charge in [0.25, 0.3) is 0 Å². The second-order valence-electron chi connectivity index (χ2n) is 5.80. The third kappa shape index (κ3) is 6.92. The molecule has 1 saturated heterocycles. The average Bonchev–Trinajstić information content (AvgIpc) is 3.23. The molecule has 4 heteroatoms. The van der Waals surface area contributed by atoms with Crippen molar-refractivity contribution in [3.05, 3.63) is 0 Å². The highest BCUT2D eigenvalue weighted by Gasteiger charge is 2.21. The van der Waals surface area contributed by atoms with Crippen LogP contribution in [0.3, 0.4) is 0 Å². The quantitative estimate of drug-likeness (QED) is 0.516. The largest absolute Gasteiger partial charge is 0.379 e. The Kier molecular flexibility index (Phi) is 6.65. The van der Waals surface area contributed by atoms with Crippen molar-refractivity contribution in [3.63, 3.8) is 0 Å². The van der Waals surface area contributed by atoms with Crippen LogP contribution in [-0.4, -0.2) is 38.4 Å². The standard InChI is InChI=1S/C15H27NO3/c17-15(10-13-6-2-1-3-7-13)16-8-4-5-9-18-11-14-12-19-14/h13-14H,1-12H2,(H,16,17). The van der Waals surface area contributed by atoms with Crippen molar-refractivity contribution < 1.29 is 14.3 Å². The highest BCUT2D eigenvalue weighted by Crippen LogP contribution is 2.25. The first-order valence-electron chi connectivity index (χ1n) is 7.80. The fraction of sp³-hybridized carbons (Fsp3) is 0.933. The van der Waals surface area contributed by atoms with Gasteiger partial charge in [0, 0.05) is 19.6 Å². The van der Waals surface area contributed by atoms with Crippen LogP contribution in [0.25, 0.3) is 0 Å². The van der Waals surface area contributed by atoms with Gasteiger partial charge in [-0.25, -0.2) is 0 Å². The molecule has 1 atom stereocenters. The molecule has 0 aromatic rings. The van der Waals surface area contributed by atoms with Crippen LogP contribution in [0.1, 0.15) is 51.4 Å². The van der Waals surface area contributed by atoms with Crippen LogP contribution in [0.15, 0.2) is 0 Å². The normalized spacial score (nSPS) is 23.3. The van der Waals surface area contributed by atoms with E-state index >= 15 is 0 Å². The van der Waals surface area contributed by atoms with Crippen LogP contribution in [0.4, 0.5) is 0 Å². The summed E-state index contributed by atoms with van der Waals surface area (Å²) in [5.74, 6) is 0.870. The van der Waals surface area contributed by atoms with Crippen molar-refractivity contribution in [2.75, 3.05) is 26.4 Å². The van der Waals surface area contributed by atoms with Gasteiger partial charge < -0.3 is 14.8 Å². The molecule has 1 heterocycles. The van der Waals surface area contributed by atoms with Gasteiger partial charge in [0.05, 0.1) is 13.2 Å². The lowest BCUT2D eigenvalue weighted by Crippen LogP contribution is -2.27.